The summed E-state index contributed by atoms with van der Waals surface area (Å²) in [6.07, 6.45) is 8.71. The fourth-order valence-electron chi connectivity index (χ4n) is 1.58. The van der Waals surface area contributed by atoms with Gasteiger partial charge >= 0.3 is 0 Å². The van der Waals surface area contributed by atoms with Crippen molar-refractivity contribution in [3.63, 3.8) is 0 Å². The number of aromatic nitrogens is 2. The van der Waals surface area contributed by atoms with E-state index in [9.17, 15) is 0 Å². The molecule has 0 saturated heterocycles. The summed E-state index contributed by atoms with van der Waals surface area (Å²) < 4.78 is 4.41. The lowest BCUT2D eigenvalue weighted by atomic mass is 10.2. The first-order chi connectivity index (χ1) is 6.75. The smallest absolute Gasteiger partial charge is 0.253 e. The molecule has 0 aliphatic carbocycles. The van der Waals surface area contributed by atoms with Crippen LogP contribution < -0.4 is 4.57 Å². The summed E-state index contributed by atoms with van der Waals surface area (Å²) in [6, 6.07) is 0. The van der Waals surface area contributed by atoms with E-state index in [1.807, 2.05) is 0 Å². The highest BCUT2D eigenvalue weighted by atomic mass is 16.2. The average Bonchev–Trinajstić information content (AvgIpc) is 2.49. The van der Waals surface area contributed by atoms with Gasteiger partial charge in [-0.3, -0.25) is 0 Å². The van der Waals surface area contributed by atoms with Crippen LogP contribution in [0.3, 0.4) is 0 Å². The van der Waals surface area contributed by atoms with E-state index in [0.717, 1.165) is 19.4 Å². The standard InChI is InChI=1S/C11H21N2O/c1-11-12(2)8-9-13(11)7-5-3-4-6-10-14/h8-9,14H,3-7,10H2,1-2H3/q+1. The van der Waals surface area contributed by atoms with Crippen molar-refractivity contribution < 1.29 is 9.67 Å². The Morgan fingerprint density at radius 1 is 1.29 bits per heavy atom. The molecule has 0 aliphatic heterocycles. The van der Waals surface area contributed by atoms with E-state index < -0.39 is 0 Å². The molecule has 1 rings (SSSR count). The third-order valence-corrected chi connectivity index (χ3v) is 2.70. The van der Waals surface area contributed by atoms with Crippen LogP contribution in [0.4, 0.5) is 0 Å². The highest BCUT2D eigenvalue weighted by Crippen LogP contribution is 2.02. The molecule has 0 aliphatic rings. The Balaban J connectivity index is 2.21. The number of aliphatic hydroxyl groups excluding tert-OH is 1. The summed E-state index contributed by atoms with van der Waals surface area (Å²) in [7, 11) is 2.07. The number of hydrogen-bond acceptors (Lipinski definition) is 1. The molecular formula is C11H21N2O+. The molecule has 0 saturated carbocycles. The first-order valence-electron chi connectivity index (χ1n) is 5.38. The van der Waals surface area contributed by atoms with E-state index in [0.29, 0.717) is 6.61 Å². The highest BCUT2D eigenvalue weighted by Gasteiger charge is 2.06. The van der Waals surface area contributed by atoms with Gasteiger partial charge in [-0.2, -0.15) is 0 Å². The molecule has 0 amide bonds. The van der Waals surface area contributed by atoms with Gasteiger partial charge in [-0.15, -0.1) is 0 Å². The van der Waals surface area contributed by atoms with Crippen LogP contribution in [-0.4, -0.2) is 16.3 Å². The van der Waals surface area contributed by atoms with Crippen molar-refractivity contribution in [3.8, 4) is 0 Å². The van der Waals surface area contributed by atoms with Crippen molar-refractivity contribution in [3.05, 3.63) is 18.2 Å². The van der Waals surface area contributed by atoms with Crippen molar-refractivity contribution in [2.24, 2.45) is 7.05 Å². The van der Waals surface area contributed by atoms with Crippen LogP contribution in [0.2, 0.25) is 0 Å². The molecule has 0 aromatic carbocycles. The number of imidazole rings is 1. The Labute approximate surface area is 86.0 Å². The zero-order valence-corrected chi connectivity index (χ0v) is 9.24. The van der Waals surface area contributed by atoms with Crippen molar-refractivity contribution in [2.75, 3.05) is 6.61 Å². The summed E-state index contributed by atoms with van der Waals surface area (Å²) >= 11 is 0. The van der Waals surface area contributed by atoms with Crippen LogP contribution in [0.25, 0.3) is 0 Å². The van der Waals surface area contributed by atoms with E-state index in [1.165, 1.54) is 18.7 Å². The van der Waals surface area contributed by atoms with Gasteiger partial charge in [-0.1, -0.05) is 6.42 Å². The van der Waals surface area contributed by atoms with Gasteiger partial charge in [0.2, 0.25) is 0 Å². The normalized spacial score (nSPS) is 10.8. The topological polar surface area (TPSA) is 29.0 Å². The van der Waals surface area contributed by atoms with Crippen LogP contribution in [0.1, 0.15) is 31.5 Å². The van der Waals surface area contributed by atoms with E-state index in [4.69, 9.17) is 5.11 Å². The molecule has 1 aromatic rings. The SMILES string of the molecule is Cc1n(CCCCCCO)cc[n+]1C. The molecule has 80 valence electrons. The molecule has 0 bridgehead atoms. The van der Waals surface area contributed by atoms with Gasteiger partial charge < -0.3 is 5.11 Å². The summed E-state index contributed by atoms with van der Waals surface area (Å²) in [6.45, 7) is 3.56. The van der Waals surface area contributed by atoms with Crippen LogP contribution in [0.15, 0.2) is 12.4 Å². The minimum atomic E-state index is 0.331. The molecule has 1 N–H and O–H groups in total. The van der Waals surface area contributed by atoms with Crippen LogP contribution in [-0.2, 0) is 13.6 Å². The fourth-order valence-corrected chi connectivity index (χ4v) is 1.58. The molecule has 1 heterocycles. The maximum absolute atomic E-state index is 8.62. The molecule has 3 heteroatoms. The zero-order chi connectivity index (χ0) is 10.4. The van der Waals surface area contributed by atoms with Gasteiger partial charge in [-0.05, 0) is 19.3 Å². The lowest BCUT2D eigenvalue weighted by molar-refractivity contribution is -0.677. The lowest BCUT2D eigenvalue weighted by Gasteiger charge is -1.99. The van der Waals surface area contributed by atoms with Crippen LogP contribution in [0.5, 0.6) is 0 Å². The third-order valence-electron chi connectivity index (χ3n) is 2.70. The number of unbranched alkanes of at least 4 members (excludes halogenated alkanes) is 3. The van der Waals surface area contributed by atoms with Crippen LogP contribution in [0, 0.1) is 6.92 Å². The highest BCUT2D eigenvalue weighted by molar-refractivity contribution is 4.78. The zero-order valence-electron chi connectivity index (χ0n) is 9.24. The van der Waals surface area contributed by atoms with Gasteiger partial charge in [-0.25, -0.2) is 9.13 Å². The molecule has 14 heavy (non-hydrogen) atoms. The van der Waals surface area contributed by atoms with Crippen LogP contribution >= 0.6 is 0 Å². The number of rotatable bonds is 6. The number of aryl methyl sites for hydroxylation is 2. The summed E-state index contributed by atoms with van der Waals surface area (Å²) in [5.74, 6) is 1.30. The number of aliphatic hydroxyl groups is 1. The fraction of sp³-hybridized carbons (Fsp3) is 0.727. The summed E-state index contributed by atoms with van der Waals surface area (Å²) in [5, 5.41) is 8.62. The van der Waals surface area contributed by atoms with Gasteiger partial charge in [0.05, 0.1) is 13.6 Å². The second kappa shape index (κ2) is 5.81. The predicted octanol–water partition coefficient (Wildman–Crippen LogP) is 1.17. The first kappa shape index (κ1) is 11.2. The molecule has 0 fully saturated rings. The minimum Gasteiger partial charge on any atom is -0.396 e. The Bertz CT molecular complexity index is 268. The molecule has 0 atom stereocenters. The Hall–Kier alpha value is -0.830. The maximum atomic E-state index is 8.62. The Morgan fingerprint density at radius 2 is 2.00 bits per heavy atom. The summed E-state index contributed by atoms with van der Waals surface area (Å²) in [4.78, 5) is 0. The van der Waals surface area contributed by atoms with Crippen molar-refractivity contribution in [1.29, 1.82) is 0 Å². The quantitative estimate of drug-likeness (QED) is 0.538. The van der Waals surface area contributed by atoms with E-state index >= 15 is 0 Å². The number of nitrogens with zero attached hydrogens (tertiary/aromatic N) is 2. The van der Waals surface area contributed by atoms with Crippen molar-refractivity contribution >= 4 is 0 Å². The Morgan fingerprint density at radius 3 is 2.57 bits per heavy atom. The van der Waals surface area contributed by atoms with Gasteiger partial charge in [0.15, 0.2) is 0 Å². The molecule has 0 spiro atoms. The van der Waals surface area contributed by atoms with Gasteiger partial charge in [0.1, 0.15) is 12.4 Å². The van der Waals surface area contributed by atoms with Crippen molar-refractivity contribution in [1.82, 2.24) is 4.57 Å². The van der Waals surface area contributed by atoms with Gasteiger partial charge in [0, 0.05) is 13.5 Å². The lowest BCUT2D eigenvalue weighted by Crippen LogP contribution is -2.29. The van der Waals surface area contributed by atoms with Gasteiger partial charge in [0.25, 0.3) is 5.82 Å². The van der Waals surface area contributed by atoms with Crippen molar-refractivity contribution in [2.45, 2.75) is 39.2 Å². The second-order valence-corrected chi connectivity index (χ2v) is 3.79. The monoisotopic (exact) mass is 197 g/mol. The molecule has 3 nitrogen and oxygen atoms in total. The average molecular weight is 197 g/mol. The van der Waals surface area contributed by atoms with E-state index in [-0.39, 0.29) is 0 Å². The summed E-state index contributed by atoms with van der Waals surface area (Å²) in [5.41, 5.74) is 0. The molecule has 0 unspecified atom stereocenters. The first-order valence-corrected chi connectivity index (χ1v) is 5.38. The van der Waals surface area contributed by atoms with E-state index in [1.54, 1.807) is 0 Å². The third kappa shape index (κ3) is 3.14. The second-order valence-electron chi connectivity index (χ2n) is 3.79. The minimum absolute atomic E-state index is 0.331. The largest absolute Gasteiger partial charge is 0.396 e. The maximum Gasteiger partial charge on any atom is 0.253 e. The predicted molar refractivity (Wildman–Crippen MR) is 55.9 cm³/mol. The van der Waals surface area contributed by atoms with E-state index in [2.05, 4.69) is 35.5 Å². The molecule has 1 aromatic heterocycles. The Kier molecular flexibility index (Phi) is 4.66. The molecule has 0 radical (unpaired) electrons. The molecular weight excluding hydrogens is 176 g/mol. The number of hydrogen-bond donors (Lipinski definition) is 1.